The van der Waals surface area contributed by atoms with Crippen molar-refractivity contribution in [3.8, 4) is 17.2 Å². The first-order chi connectivity index (χ1) is 8.21. The zero-order valence-electron chi connectivity index (χ0n) is 11.0. The van der Waals surface area contributed by atoms with Crippen molar-refractivity contribution in [1.82, 2.24) is 0 Å². The first kappa shape index (κ1) is 15.5. The number of ether oxygens (including phenoxy) is 5. The van der Waals surface area contributed by atoms with Crippen molar-refractivity contribution in [3.63, 3.8) is 0 Å². The van der Waals surface area contributed by atoms with Crippen LogP contribution < -0.4 is 14.2 Å². The molecule has 5 heteroatoms. The molecule has 17 heavy (non-hydrogen) atoms. The maximum absolute atomic E-state index is 5.04. The number of benzene rings is 1. The fourth-order valence-corrected chi connectivity index (χ4v) is 1.02. The van der Waals surface area contributed by atoms with Gasteiger partial charge in [-0.25, -0.2) is 0 Å². The van der Waals surface area contributed by atoms with E-state index in [9.17, 15) is 0 Å². The quantitative estimate of drug-likeness (QED) is 0.741. The molecule has 98 valence electrons. The monoisotopic (exact) mass is 244 g/mol. The van der Waals surface area contributed by atoms with Crippen LogP contribution in [0.25, 0.3) is 0 Å². The van der Waals surface area contributed by atoms with E-state index in [2.05, 4.69) is 9.47 Å². The highest BCUT2D eigenvalue weighted by molar-refractivity contribution is 5.41. The summed E-state index contributed by atoms with van der Waals surface area (Å²) in [6.45, 7) is 0.389. The fourth-order valence-electron chi connectivity index (χ4n) is 1.02. The topological polar surface area (TPSA) is 46.2 Å². The van der Waals surface area contributed by atoms with Gasteiger partial charge in [0.25, 0.3) is 0 Å². The van der Waals surface area contributed by atoms with E-state index in [1.165, 1.54) is 0 Å². The van der Waals surface area contributed by atoms with Gasteiger partial charge in [-0.3, -0.25) is 0 Å². The van der Waals surface area contributed by atoms with Crippen molar-refractivity contribution in [3.05, 3.63) is 18.2 Å². The van der Waals surface area contributed by atoms with Gasteiger partial charge in [0.2, 0.25) is 0 Å². The minimum Gasteiger partial charge on any atom is -0.496 e. The van der Waals surface area contributed by atoms with E-state index in [1.807, 2.05) is 0 Å². The van der Waals surface area contributed by atoms with E-state index >= 15 is 0 Å². The first-order valence-electron chi connectivity index (χ1n) is 4.96. The van der Waals surface area contributed by atoms with Gasteiger partial charge in [0, 0.05) is 32.4 Å². The molecule has 0 amide bonds. The summed E-state index contributed by atoms with van der Waals surface area (Å²) in [7, 11) is 7.99. The molecule has 0 radical (unpaired) electrons. The summed E-state index contributed by atoms with van der Waals surface area (Å²) in [5.41, 5.74) is 0. The number of hydrogen-bond donors (Lipinski definition) is 0. The maximum Gasteiger partial charge on any atom is 0.145 e. The summed E-state index contributed by atoms with van der Waals surface area (Å²) in [4.78, 5) is 0. The minimum absolute atomic E-state index is 0.389. The van der Waals surface area contributed by atoms with Gasteiger partial charge in [0.15, 0.2) is 0 Å². The Morgan fingerprint density at radius 1 is 0.647 bits per heavy atom. The van der Waals surface area contributed by atoms with Crippen LogP contribution in [0.3, 0.4) is 0 Å². The molecule has 0 aliphatic rings. The molecule has 0 aromatic heterocycles. The number of rotatable bonds is 5. The molecule has 0 saturated carbocycles. The van der Waals surface area contributed by atoms with Gasteiger partial charge >= 0.3 is 0 Å². The van der Waals surface area contributed by atoms with Gasteiger partial charge in [-0.05, 0) is 0 Å². The molecule has 0 saturated heterocycles. The molecule has 0 aliphatic heterocycles. The average Bonchev–Trinajstić information content (AvgIpc) is 2.39. The summed E-state index contributed by atoms with van der Waals surface area (Å²) < 4.78 is 24.1. The minimum atomic E-state index is 0.389. The van der Waals surface area contributed by atoms with Crippen LogP contribution in [-0.2, 0) is 9.47 Å². The van der Waals surface area contributed by atoms with Gasteiger partial charge in [0.1, 0.15) is 24.0 Å². The fraction of sp³-hybridized carbons (Fsp3) is 0.500. The molecule has 0 atom stereocenters. The molecule has 0 fully saturated rings. The lowest BCUT2D eigenvalue weighted by Crippen LogP contribution is -1.89. The second-order valence-electron chi connectivity index (χ2n) is 2.95. The standard InChI is InChI=1S/C9H12O3.C3H8O2/c1-10-7-4-8(11-2)6-9(5-7)12-3;1-4-3-5-2/h4-6H,1-3H3;3H2,1-2H3. The molecular weight excluding hydrogens is 224 g/mol. The predicted molar refractivity (Wildman–Crippen MR) is 65.0 cm³/mol. The Bertz CT molecular complexity index is 244. The molecule has 0 spiro atoms. The third kappa shape index (κ3) is 6.65. The number of hydrogen-bond acceptors (Lipinski definition) is 5. The van der Waals surface area contributed by atoms with Crippen molar-refractivity contribution in [1.29, 1.82) is 0 Å². The van der Waals surface area contributed by atoms with Crippen LogP contribution >= 0.6 is 0 Å². The molecule has 0 aliphatic carbocycles. The van der Waals surface area contributed by atoms with E-state index in [0.29, 0.717) is 6.79 Å². The van der Waals surface area contributed by atoms with Gasteiger partial charge in [-0.2, -0.15) is 0 Å². The highest BCUT2D eigenvalue weighted by Gasteiger charge is 2.00. The normalized spacial score (nSPS) is 9.00. The highest BCUT2D eigenvalue weighted by Crippen LogP contribution is 2.26. The second-order valence-corrected chi connectivity index (χ2v) is 2.95. The average molecular weight is 244 g/mol. The van der Waals surface area contributed by atoms with Crippen molar-refractivity contribution in [2.75, 3.05) is 42.3 Å². The van der Waals surface area contributed by atoms with Crippen molar-refractivity contribution >= 4 is 0 Å². The smallest absolute Gasteiger partial charge is 0.145 e. The van der Waals surface area contributed by atoms with Crippen LogP contribution in [0, 0.1) is 0 Å². The van der Waals surface area contributed by atoms with Crippen molar-refractivity contribution < 1.29 is 23.7 Å². The van der Waals surface area contributed by atoms with E-state index in [1.54, 1.807) is 53.7 Å². The second kappa shape index (κ2) is 9.74. The molecular formula is C12H20O5. The Morgan fingerprint density at radius 2 is 0.941 bits per heavy atom. The molecule has 1 aromatic carbocycles. The lowest BCUT2D eigenvalue weighted by molar-refractivity contribution is -0.00271. The highest BCUT2D eigenvalue weighted by atomic mass is 16.6. The van der Waals surface area contributed by atoms with Crippen LogP contribution in [0.4, 0.5) is 0 Å². The summed E-state index contributed by atoms with van der Waals surface area (Å²) >= 11 is 0. The molecule has 1 rings (SSSR count). The Kier molecular flexibility index (Phi) is 8.91. The third-order valence-corrected chi connectivity index (χ3v) is 1.80. The van der Waals surface area contributed by atoms with E-state index in [0.717, 1.165) is 17.2 Å². The SMILES string of the molecule is COCOC.COc1cc(OC)cc(OC)c1. The Morgan fingerprint density at radius 3 is 1.06 bits per heavy atom. The summed E-state index contributed by atoms with van der Waals surface area (Å²) in [6.07, 6.45) is 0. The van der Waals surface area contributed by atoms with Crippen LogP contribution in [0.15, 0.2) is 18.2 Å². The zero-order chi connectivity index (χ0) is 13.1. The lowest BCUT2D eigenvalue weighted by Gasteiger charge is -2.06. The summed E-state index contributed by atoms with van der Waals surface area (Å²) in [5.74, 6) is 2.18. The predicted octanol–water partition coefficient (Wildman–Crippen LogP) is 1.95. The Labute approximate surface area is 102 Å². The lowest BCUT2D eigenvalue weighted by atomic mass is 10.3. The maximum atomic E-state index is 5.04. The molecule has 1 aromatic rings. The Hall–Kier alpha value is -1.46. The molecule has 0 unspecified atom stereocenters. The third-order valence-electron chi connectivity index (χ3n) is 1.80. The summed E-state index contributed by atoms with van der Waals surface area (Å²) in [6, 6.07) is 5.38. The van der Waals surface area contributed by atoms with Crippen molar-refractivity contribution in [2.45, 2.75) is 0 Å². The van der Waals surface area contributed by atoms with Gasteiger partial charge in [-0.15, -0.1) is 0 Å². The van der Waals surface area contributed by atoms with Crippen LogP contribution in [-0.4, -0.2) is 42.3 Å². The van der Waals surface area contributed by atoms with Crippen molar-refractivity contribution in [2.24, 2.45) is 0 Å². The largest absolute Gasteiger partial charge is 0.496 e. The van der Waals surface area contributed by atoms with E-state index in [4.69, 9.17) is 14.2 Å². The molecule has 0 N–H and O–H groups in total. The Balaban J connectivity index is 0.000000437. The van der Waals surface area contributed by atoms with E-state index in [-0.39, 0.29) is 0 Å². The first-order valence-corrected chi connectivity index (χ1v) is 4.96. The molecule has 0 heterocycles. The zero-order valence-corrected chi connectivity index (χ0v) is 11.0. The van der Waals surface area contributed by atoms with Gasteiger partial charge in [0.05, 0.1) is 21.3 Å². The van der Waals surface area contributed by atoms with Crippen LogP contribution in [0.2, 0.25) is 0 Å². The molecule has 5 nitrogen and oxygen atoms in total. The van der Waals surface area contributed by atoms with Crippen LogP contribution in [0.5, 0.6) is 17.2 Å². The van der Waals surface area contributed by atoms with E-state index < -0.39 is 0 Å². The molecule has 0 bridgehead atoms. The number of methoxy groups -OCH3 is 5. The van der Waals surface area contributed by atoms with Gasteiger partial charge < -0.3 is 23.7 Å². The summed E-state index contributed by atoms with van der Waals surface area (Å²) in [5, 5.41) is 0. The van der Waals surface area contributed by atoms with Crippen LogP contribution in [0.1, 0.15) is 0 Å². The van der Waals surface area contributed by atoms with Gasteiger partial charge in [-0.1, -0.05) is 0 Å².